The summed E-state index contributed by atoms with van der Waals surface area (Å²) in [5.41, 5.74) is 0.612. The quantitative estimate of drug-likeness (QED) is 0.513. The van der Waals surface area contributed by atoms with E-state index in [0.717, 1.165) is 0 Å². The van der Waals surface area contributed by atoms with Crippen LogP contribution in [0.3, 0.4) is 0 Å². The van der Waals surface area contributed by atoms with E-state index >= 15 is 0 Å². The second-order valence-electron chi connectivity index (χ2n) is 5.95. The highest BCUT2D eigenvalue weighted by Crippen LogP contribution is 2.31. The van der Waals surface area contributed by atoms with Gasteiger partial charge in [0, 0.05) is 17.8 Å². The van der Waals surface area contributed by atoms with E-state index in [9.17, 15) is 9.18 Å². The van der Waals surface area contributed by atoms with Gasteiger partial charge < -0.3 is 14.0 Å². The summed E-state index contributed by atoms with van der Waals surface area (Å²) >= 11 is 0. The van der Waals surface area contributed by atoms with Crippen molar-refractivity contribution in [3.63, 3.8) is 0 Å². The van der Waals surface area contributed by atoms with Gasteiger partial charge in [-0.25, -0.2) is 9.07 Å². The Labute approximate surface area is 164 Å². The lowest BCUT2D eigenvalue weighted by atomic mass is 10.2. The maximum atomic E-state index is 13.5. The van der Waals surface area contributed by atoms with Crippen molar-refractivity contribution in [1.82, 2.24) is 19.9 Å². The Morgan fingerprint density at radius 3 is 2.62 bits per heavy atom. The molecule has 2 aromatic carbocycles. The first kappa shape index (κ1) is 18.4. The normalized spacial score (nSPS) is 10.7. The summed E-state index contributed by atoms with van der Waals surface area (Å²) < 4.78 is 30.6. The fraction of sp³-hybridized carbons (Fsp3) is 0.100. The van der Waals surface area contributed by atoms with E-state index in [1.165, 1.54) is 43.3 Å². The zero-order chi connectivity index (χ0) is 20.4. The fourth-order valence-corrected chi connectivity index (χ4v) is 2.73. The molecule has 0 aliphatic rings. The van der Waals surface area contributed by atoms with Crippen molar-refractivity contribution < 1.29 is 18.4 Å². The molecule has 0 saturated carbocycles. The Bertz CT molecular complexity index is 1240. The lowest BCUT2D eigenvalue weighted by molar-refractivity contribution is 0.355. The van der Waals surface area contributed by atoms with Gasteiger partial charge in [-0.15, -0.1) is 0 Å². The van der Waals surface area contributed by atoms with Gasteiger partial charge in [0.2, 0.25) is 11.3 Å². The Balaban J connectivity index is 1.73. The van der Waals surface area contributed by atoms with E-state index < -0.39 is 11.2 Å². The predicted molar refractivity (Wildman–Crippen MR) is 102 cm³/mol. The van der Waals surface area contributed by atoms with Crippen LogP contribution in [0.2, 0.25) is 0 Å². The van der Waals surface area contributed by atoms with Gasteiger partial charge in [0.25, 0.3) is 5.89 Å². The number of aromatic nitrogens is 4. The topological polar surface area (TPSA) is 92.3 Å². The highest BCUT2D eigenvalue weighted by Gasteiger charge is 2.17. The van der Waals surface area contributed by atoms with Crippen molar-refractivity contribution in [2.45, 2.75) is 0 Å². The minimum atomic E-state index is -0.418. The summed E-state index contributed by atoms with van der Waals surface area (Å²) in [6.07, 6.45) is 1.44. The molecule has 9 heteroatoms. The number of hydrogen-bond acceptors (Lipinski definition) is 7. The van der Waals surface area contributed by atoms with Crippen molar-refractivity contribution in [1.29, 1.82) is 0 Å². The Morgan fingerprint density at radius 1 is 1.03 bits per heavy atom. The highest BCUT2D eigenvalue weighted by atomic mass is 19.1. The fourth-order valence-electron chi connectivity index (χ4n) is 2.73. The maximum absolute atomic E-state index is 13.5. The second kappa shape index (κ2) is 7.55. The average molecular weight is 394 g/mol. The minimum Gasteiger partial charge on any atom is -0.493 e. The summed E-state index contributed by atoms with van der Waals surface area (Å²) in [7, 11) is 3.06. The summed E-state index contributed by atoms with van der Waals surface area (Å²) in [6, 6.07) is 12.3. The summed E-state index contributed by atoms with van der Waals surface area (Å²) in [4.78, 5) is 16.6. The van der Waals surface area contributed by atoms with Gasteiger partial charge in [-0.05, 0) is 36.4 Å². The maximum Gasteiger partial charge on any atom is 0.282 e. The molecule has 4 aromatic rings. The van der Waals surface area contributed by atoms with Crippen LogP contribution in [0.4, 0.5) is 4.39 Å². The molecule has 0 amide bonds. The lowest BCUT2D eigenvalue weighted by Gasteiger charge is -2.07. The summed E-state index contributed by atoms with van der Waals surface area (Å²) in [5, 5.41) is 8.14. The van der Waals surface area contributed by atoms with Gasteiger partial charge in [-0.2, -0.15) is 10.1 Å². The molecule has 4 rings (SSSR count). The number of methoxy groups -OCH3 is 2. The summed E-state index contributed by atoms with van der Waals surface area (Å²) in [5.74, 6) is 0.845. The van der Waals surface area contributed by atoms with Gasteiger partial charge in [0.15, 0.2) is 17.2 Å². The van der Waals surface area contributed by atoms with E-state index in [1.54, 1.807) is 30.3 Å². The van der Waals surface area contributed by atoms with Crippen LogP contribution in [0.25, 0.3) is 28.7 Å². The second-order valence-corrected chi connectivity index (χ2v) is 5.95. The monoisotopic (exact) mass is 394 g/mol. The van der Waals surface area contributed by atoms with Gasteiger partial charge in [-0.3, -0.25) is 4.79 Å². The molecule has 0 N–H and O–H groups in total. The smallest absolute Gasteiger partial charge is 0.282 e. The van der Waals surface area contributed by atoms with Crippen LogP contribution in [0, 0.1) is 5.82 Å². The van der Waals surface area contributed by atoms with Crippen LogP contribution in [0.1, 0.15) is 0 Å². The molecule has 8 nitrogen and oxygen atoms in total. The first-order valence-electron chi connectivity index (χ1n) is 8.51. The number of halogens is 1. The van der Waals surface area contributed by atoms with Gasteiger partial charge in [-0.1, -0.05) is 11.2 Å². The summed E-state index contributed by atoms with van der Waals surface area (Å²) in [6.45, 7) is 0. The van der Waals surface area contributed by atoms with E-state index in [4.69, 9.17) is 14.0 Å². The van der Waals surface area contributed by atoms with E-state index in [0.29, 0.717) is 22.7 Å². The van der Waals surface area contributed by atoms with Gasteiger partial charge >= 0.3 is 0 Å². The SMILES string of the molecule is COc1ccc(-c2noc(-c3nn(-c4cccc(F)c4)ccc3=O)n2)cc1OC. The third-order valence-electron chi connectivity index (χ3n) is 4.15. The molecule has 2 heterocycles. The third kappa shape index (κ3) is 3.57. The van der Waals surface area contributed by atoms with Crippen molar-refractivity contribution in [2.75, 3.05) is 14.2 Å². The standard InChI is InChI=1S/C20H15FN4O4/c1-27-16-7-6-12(10-17(16)28-2)19-22-20(29-24-19)18-15(26)8-9-25(23-18)14-5-3-4-13(21)11-14/h3-11H,1-2H3. The first-order chi connectivity index (χ1) is 14.1. The Hall–Kier alpha value is -4.01. The van der Waals surface area contributed by atoms with E-state index in [-0.39, 0.29) is 17.4 Å². The molecule has 0 bridgehead atoms. The molecule has 146 valence electrons. The predicted octanol–water partition coefficient (Wildman–Crippen LogP) is 3.11. The van der Waals surface area contributed by atoms with E-state index in [2.05, 4.69) is 15.2 Å². The van der Waals surface area contributed by atoms with Crippen molar-refractivity contribution >= 4 is 0 Å². The number of benzene rings is 2. The molecule has 0 radical (unpaired) electrons. The van der Waals surface area contributed by atoms with Crippen molar-refractivity contribution in [3.05, 3.63) is 70.8 Å². The van der Waals surface area contributed by atoms with Crippen LogP contribution in [0.15, 0.2) is 64.0 Å². The molecule has 0 fully saturated rings. The minimum absolute atomic E-state index is 0.0454. The zero-order valence-corrected chi connectivity index (χ0v) is 15.5. The van der Waals surface area contributed by atoms with Crippen LogP contribution in [-0.4, -0.2) is 34.1 Å². The largest absolute Gasteiger partial charge is 0.493 e. The molecule has 0 spiro atoms. The van der Waals surface area contributed by atoms with Gasteiger partial charge in [0.05, 0.1) is 19.9 Å². The van der Waals surface area contributed by atoms with Crippen LogP contribution < -0.4 is 14.9 Å². The molecule has 29 heavy (non-hydrogen) atoms. The lowest BCUT2D eigenvalue weighted by Crippen LogP contribution is -2.12. The molecule has 2 aromatic heterocycles. The van der Waals surface area contributed by atoms with Crippen LogP contribution in [-0.2, 0) is 0 Å². The average Bonchev–Trinajstić information content (AvgIpc) is 3.23. The zero-order valence-electron chi connectivity index (χ0n) is 15.5. The molecule has 0 unspecified atom stereocenters. The number of ether oxygens (including phenoxy) is 2. The highest BCUT2D eigenvalue weighted by molar-refractivity contribution is 5.62. The van der Waals surface area contributed by atoms with Crippen molar-refractivity contribution in [2.24, 2.45) is 0 Å². The number of nitrogens with zero attached hydrogens (tertiary/aromatic N) is 4. The van der Waals surface area contributed by atoms with Crippen molar-refractivity contribution in [3.8, 4) is 40.2 Å². The third-order valence-corrected chi connectivity index (χ3v) is 4.15. The molecule has 0 saturated heterocycles. The van der Waals surface area contributed by atoms with Crippen LogP contribution >= 0.6 is 0 Å². The Morgan fingerprint density at radius 2 is 1.86 bits per heavy atom. The molecule has 0 atom stereocenters. The number of rotatable bonds is 5. The Kier molecular flexibility index (Phi) is 4.78. The van der Waals surface area contributed by atoms with Gasteiger partial charge in [0.1, 0.15) is 5.82 Å². The first-order valence-corrected chi connectivity index (χ1v) is 8.51. The molecular formula is C20H15FN4O4. The molecule has 0 aliphatic heterocycles. The molecular weight excluding hydrogens is 379 g/mol. The van der Waals surface area contributed by atoms with E-state index in [1.807, 2.05) is 0 Å². The number of hydrogen-bond donors (Lipinski definition) is 0. The molecule has 0 aliphatic carbocycles. The van der Waals surface area contributed by atoms with Crippen LogP contribution in [0.5, 0.6) is 11.5 Å².